The van der Waals surface area contributed by atoms with E-state index in [1.807, 2.05) is 0 Å². The summed E-state index contributed by atoms with van der Waals surface area (Å²) >= 11 is 6.37. The van der Waals surface area contributed by atoms with E-state index in [1.54, 1.807) is 37.4 Å². The van der Waals surface area contributed by atoms with Crippen LogP contribution >= 0.6 is 11.6 Å². The van der Waals surface area contributed by atoms with E-state index in [-0.39, 0.29) is 35.5 Å². The highest BCUT2D eigenvalue weighted by molar-refractivity contribution is 6.32. The molecule has 1 fully saturated rings. The van der Waals surface area contributed by atoms with Crippen LogP contribution in [-0.4, -0.2) is 47.7 Å². The summed E-state index contributed by atoms with van der Waals surface area (Å²) in [6, 6.07) is 11.4. The Kier molecular flexibility index (Phi) is 8.96. The Hall–Kier alpha value is -3.21. The molecule has 5 nitrogen and oxygen atoms in total. The monoisotopic (exact) mass is 526 g/mol. The first-order valence-electron chi connectivity index (χ1n) is 12.3. The molecule has 3 aromatic rings. The fraction of sp³-hybridized carbons (Fsp3) is 0.379. The number of hydrogen-bond donors (Lipinski definition) is 1. The van der Waals surface area contributed by atoms with Crippen LogP contribution in [0.25, 0.3) is 10.9 Å². The summed E-state index contributed by atoms with van der Waals surface area (Å²) in [6.45, 7) is 1.78. The van der Waals surface area contributed by atoms with Gasteiger partial charge >= 0.3 is 5.97 Å². The van der Waals surface area contributed by atoms with Gasteiger partial charge in [-0.05, 0) is 74.0 Å². The van der Waals surface area contributed by atoms with Crippen LogP contribution in [0.5, 0.6) is 5.75 Å². The fourth-order valence-electron chi connectivity index (χ4n) is 5.07. The van der Waals surface area contributed by atoms with Crippen LogP contribution < -0.4 is 4.74 Å². The van der Waals surface area contributed by atoms with E-state index in [0.717, 1.165) is 13.0 Å². The number of carbonyl (C=O) groups is 1. The van der Waals surface area contributed by atoms with Crippen molar-refractivity contribution in [3.05, 3.63) is 70.6 Å². The maximum Gasteiger partial charge on any atom is 0.303 e. The van der Waals surface area contributed by atoms with Gasteiger partial charge in [-0.2, -0.15) is 0 Å². The highest BCUT2D eigenvalue weighted by atomic mass is 35.5. The first-order valence-corrected chi connectivity index (χ1v) is 12.7. The van der Waals surface area contributed by atoms with Crippen molar-refractivity contribution in [1.29, 1.82) is 0 Å². The number of pyridine rings is 1. The molecule has 2 aromatic carbocycles. The molecule has 8 heteroatoms. The second-order valence-electron chi connectivity index (χ2n) is 9.40. The summed E-state index contributed by atoms with van der Waals surface area (Å²) in [5, 5.41) is 10.4. The number of piperidine rings is 1. The number of aliphatic carboxylic acids is 1. The third-order valence-corrected chi connectivity index (χ3v) is 7.25. The highest BCUT2D eigenvalue weighted by Crippen LogP contribution is 2.39. The number of ether oxygens (including phenoxy) is 1. The van der Waals surface area contributed by atoms with Crippen molar-refractivity contribution in [3.63, 3.8) is 0 Å². The Labute approximate surface area is 220 Å². The standard InChI is InChI=1S/C29H29ClF2N2O3/c1-37-23-8-10-27-24(16-23)29(25(30)17-33-27)26(32)9-7-20-11-13-34(18-21(20)15-28(35)36)12-3-5-19-4-2-6-22(31)14-19/h2,4,6,8,10,14,16-17,20-21,26H,7,9,11-13,15,18H2,1H3,(H,35,36)/t20?,21?,26-/m1/s1. The van der Waals surface area contributed by atoms with Crippen molar-refractivity contribution < 1.29 is 23.4 Å². The predicted octanol–water partition coefficient (Wildman–Crippen LogP) is 6.29. The first kappa shape index (κ1) is 26.8. The van der Waals surface area contributed by atoms with Crippen LogP contribution in [0.4, 0.5) is 8.78 Å². The zero-order chi connectivity index (χ0) is 26.4. The maximum absolute atomic E-state index is 15.6. The minimum atomic E-state index is -1.31. The Balaban J connectivity index is 1.42. The van der Waals surface area contributed by atoms with E-state index in [0.29, 0.717) is 47.3 Å². The number of alkyl halides is 1. The molecule has 194 valence electrons. The molecule has 0 aliphatic carbocycles. The van der Waals surface area contributed by atoms with Crippen molar-refractivity contribution in [2.75, 3.05) is 26.7 Å². The first-order chi connectivity index (χ1) is 17.8. The van der Waals surface area contributed by atoms with E-state index in [2.05, 4.69) is 21.7 Å². The summed E-state index contributed by atoms with van der Waals surface area (Å²) in [4.78, 5) is 18.0. The molecule has 1 aliphatic rings. The van der Waals surface area contributed by atoms with Gasteiger partial charge in [0.15, 0.2) is 0 Å². The number of hydrogen-bond acceptors (Lipinski definition) is 4. The van der Waals surface area contributed by atoms with Crippen molar-refractivity contribution >= 4 is 28.5 Å². The molecule has 0 saturated carbocycles. The van der Waals surface area contributed by atoms with Gasteiger partial charge in [0.2, 0.25) is 0 Å². The molecule has 0 radical (unpaired) electrons. The third-order valence-electron chi connectivity index (χ3n) is 6.94. The van der Waals surface area contributed by atoms with Crippen LogP contribution in [0, 0.1) is 29.5 Å². The lowest BCUT2D eigenvalue weighted by Crippen LogP contribution is -2.41. The molecule has 2 heterocycles. The van der Waals surface area contributed by atoms with E-state index in [9.17, 15) is 14.3 Å². The number of rotatable bonds is 8. The smallest absolute Gasteiger partial charge is 0.303 e. The second kappa shape index (κ2) is 12.4. The molecule has 1 saturated heterocycles. The average Bonchev–Trinajstić information content (AvgIpc) is 2.87. The van der Waals surface area contributed by atoms with Crippen molar-refractivity contribution in [3.8, 4) is 17.6 Å². The topological polar surface area (TPSA) is 62.7 Å². The lowest BCUT2D eigenvalue weighted by molar-refractivity contribution is -0.139. The van der Waals surface area contributed by atoms with Crippen LogP contribution in [0.1, 0.15) is 43.0 Å². The number of nitrogens with zero attached hydrogens (tertiary/aromatic N) is 2. The molecular formula is C29H29ClF2N2O3. The molecule has 3 atom stereocenters. The number of carboxylic acid groups (broad SMARTS) is 1. The summed E-state index contributed by atoms with van der Waals surface area (Å²) < 4.78 is 34.3. The number of fused-ring (bicyclic) bond motifs is 1. The third kappa shape index (κ3) is 6.97. The summed E-state index contributed by atoms with van der Waals surface area (Å²) in [7, 11) is 1.55. The minimum Gasteiger partial charge on any atom is -0.497 e. The average molecular weight is 527 g/mol. The van der Waals surface area contributed by atoms with Gasteiger partial charge in [-0.1, -0.05) is 29.5 Å². The van der Waals surface area contributed by atoms with Crippen LogP contribution in [0.3, 0.4) is 0 Å². The van der Waals surface area contributed by atoms with Crippen molar-refractivity contribution in [2.45, 2.75) is 31.9 Å². The summed E-state index contributed by atoms with van der Waals surface area (Å²) in [6.07, 6.45) is 1.71. The van der Waals surface area contributed by atoms with Crippen molar-refractivity contribution in [2.24, 2.45) is 11.8 Å². The van der Waals surface area contributed by atoms with E-state index in [4.69, 9.17) is 16.3 Å². The normalized spacial score (nSPS) is 18.7. The molecule has 0 spiro atoms. The van der Waals surface area contributed by atoms with E-state index < -0.39 is 12.1 Å². The predicted molar refractivity (Wildman–Crippen MR) is 140 cm³/mol. The SMILES string of the molecule is COc1ccc2ncc(Cl)c([C@H](F)CCC3CCN(CC#Cc4cccc(F)c4)CC3CC(=O)O)c2c1. The quantitative estimate of drug-likeness (QED) is 0.349. The Morgan fingerprint density at radius 2 is 2.14 bits per heavy atom. The number of aromatic nitrogens is 1. The molecule has 0 bridgehead atoms. The summed E-state index contributed by atoms with van der Waals surface area (Å²) in [5.74, 6) is 5.38. The Morgan fingerprint density at radius 3 is 2.89 bits per heavy atom. The maximum atomic E-state index is 15.6. The van der Waals surface area contributed by atoms with Gasteiger partial charge in [-0.15, -0.1) is 0 Å². The highest BCUT2D eigenvalue weighted by Gasteiger charge is 2.31. The van der Waals surface area contributed by atoms with Gasteiger partial charge in [0.1, 0.15) is 17.7 Å². The van der Waals surface area contributed by atoms with Crippen LogP contribution in [0.2, 0.25) is 5.02 Å². The molecule has 37 heavy (non-hydrogen) atoms. The minimum absolute atomic E-state index is 0.0194. The molecule has 1 aromatic heterocycles. The fourth-order valence-corrected chi connectivity index (χ4v) is 5.34. The van der Waals surface area contributed by atoms with Crippen LogP contribution in [0.15, 0.2) is 48.7 Å². The number of likely N-dealkylation sites (tertiary alicyclic amines) is 1. The lowest BCUT2D eigenvalue weighted by atomic mass is 9.79. The number of halogens is 3. The van der Waals surface area contributed by atoms with Gasteiger partial charge in [0.05, 0.1) is 24.2 Å². The van der Waals surface area contributed by atoms with E-state index >= 15 is 4.39 Å². The summed E-state index contributed by atoms with van der Waals surface area (Å²) in [5.41, 5.74) is 1.63. The zero-order valence-electron chi connectivity index (χ0n) is 20.6. The number of carboxylic acids is 1. The zero-order valence-corrected chi connectivity index (χ0v) is 21.3. The Morgan fingerprint density at radius 1 is 1.30 bits per heavy atom. The van der Waals surface area contributed by atoms with E-state index in [1.165, 1.54) is 18.3 Å². The molecule has 1 aliphatic heterocycles. The number of methoxy groups -OCH3 is 1. The molecular weight excluding hydrogens is 498 g/mol. The van der Waals surface area contributed by atoms with Crippen LogP contribution in [-0.2, 0) is 4.79 Å². The van der Waals surface area contributed by atoms with Gasteiger partial charge in [0, 0.05) is 35.7 Å². The molecule has 1 N–H and O–H groups in total. The van der Waals surface area contributed by atoms with Gasteiger partial charge in [0.25, 0.3) is 0 Å². The second-order valence-corrected chi connectivity index (χ2v) is 9.81. The largest absolute Gasteiger partial charge is 0.497 e. The molecule has 0 amide bonds. The van der Waals surface area contributed by atoms with Gasteiger partial charge in [-0.25, -0.2) is 8.78 Å². The molecule has 2 unspecified atom stereocenters. The van der Waals surface area contributed by atoms with Gasteiger partial charge in [-0.3, -0.25) is 14.7 Å². The molecule has 4 rings (SSSR count). The Bertz CT molecular complexity index is 1320. The van der Waals surface area contributed by atoms with Crippen molar-refractivity contribution in [1.82, 2.24) is 9.88 Å². The number of benzene rings is 2. The lowest BCUT2D eigenvalue weighted by Gasteiger charge is -2.37. The van der Waals surface area contributed by atoms with Gasteiger partial charge < -0.3 is 9.84 Å².